The lowest BCUT2D eigenvalue weighted by Crippen LogP contribution is -2.37. The monoisotopic (exact) mass is 388 g/mol. The normalized spacial score (nSPS) is 12.2. The van der Waals surface area contributed by atoms with Crippen LogP contribution in [0.25, 0.3) is 0 Å². The molecule has 2 aromatic carbocycles. The Morgan fingerprint density at radius 1 is 1.14 bits per heavy atom. The summed E-state index contributed by atoms with van der Waals surface area (Å²) in [4.78, 5) is 26.3. The van der Waals surface area contributed by atoms with Crippen LogP contribution in [0.2, 0.25) is 0 Å². The average molecular weight is 388 g/mol. The van der Waals surface area contributed by atoms with Crippen LogP contribution in [0.15, 0.2) is 36.4 Å². The zero-order valence-corrected chi connectivity index (χ0v) is 15.7. The van der Waals surface area contributed by atoms with Crippen molar-refractivity contribution in [2.45, 2.75) is 6.92 Å². The number of rotatable bonds is 6. The highest BCUT2D eigenvalue weighted by Crippen LogP contribution is 2.32. The highest BCUT2D eigenvalue weighted by atomic mass is 19.1. The van der Waals surface area contributed by atoms with Crippen molar-refractivity contribution in [2.75, 3.05) is 38.7 Å². The van der Waals surface area contributed by atoms with Gasteiger partial charge in [0.05, 0.1) is 7.11 Å². The molecule has 1 N–H and O–H groups in total. The fourth-order valence-electron chi connectivity index (χ4n) is 2.80. The molecule has 3 rings (SSSR count). The fourth-order valence-corrected chi connectivity index (χ4v) is 2.80. The van der Waals surface area contributed by atoms with Gasteiger partial charge in [-0.25, -0.2) is 4.39 Å². The molecule has 2 amide bonds. The Hall–Kier alpha value is -3.29. The molecule has 0 aromatic heterocycles. The quantitative estimate of drug-likeness (QED) is 0.823. The van der Waals surface area contributed by atoms with Crippen molar-refractivity contribution in [3.63, 3.8) is 0 Å². The molecule has 0 saturated heterocycles. The molecular weight excluding hydrogens is 367 g/mol. The molecule has 0 spiro atoms. The first kappa shape index (κ1) is 19.5. The number of amides is 2. The second-order valence-corrected chi connectivity index (χ2v) is 6.08. The predicted molar refractivity (Wildman–Crippen MR) is 101 cm³/mol. The van der Waals surface area contributed by atoms with E-state index in [4.69, 9.17) is 14.2 Å². The van der Waals surface area contributed by atoms with Crippen molar-refractivity contribution < 1.29 is 28.2 Å². The number of nitrogens with zero attached hydrogens (tertiary/aromatic N) is 1. The number of benzene rings is 2. The molecule has 1 aliphatic heterocycles. The maximum Gasteiger partial charge on any atom is 0.254 e. The van der Waals surface area contributed by atoms with Gasteiger partial charge in [-0.15, -0.1) is 0 Å². The number of ether oxygens (including phenoxy) is 3. The first-order valence-corrected chi connectivity index (χ1v) is 8.84. The summed E-state index contributed by atoms with van der Waals surface area (Å²) in [5.41, 5.74) is 0.681. The smallest absolute Gasteiger partial charge is 0.254 e. The minimum absolute atomic E-state index is 0.0518. The van der Waals surface area contributed by atoms with Crippen LogP contribution in [0, 0.1) is 5.82 Å². The second-order valence-electron chi connectivity index (χ2n) is 6.08. The molecule has 0 saturated carbocycles. The molecule has 0 unspecified atom stereocenters. The van der Waals surface area contributed by atoms with Crippen molar-refractivity contribution in [1.29, 1.82) is 0 Å². The van der Waals surface area contributed by atoms with Crippen LogP contribution < -0.4 is 19.5 Å². The Bertz CT molecular complexity index is 887. The molecule has 7 nitrogen and oxygen atoms in total. The highest BCUT2D eigenvalue weighted by molar-refractivity contribution is 5.99. The van der Waals surface area contributed by atoms with Crippen LogP contribution in [0.3, 0.4) is 0 Å². The number of halogens is 1. The molecule has 1 aliphatic rings. The summed E-state index contributed by atoms with van der Waals surface area (Å²) in [5.74, 6) is -0.222. The minimum Gasteiger partial charge on any atom is -0.494 e. The standard InChI is InChI=1S/C20H21FN2O5/c1-3-23(20(25)13-4-6-16(26-2)15(21)10-13)12-19(24)22-14-5-7-17-18(11-14)28-9-8-27-17/h4-7,10-11H,3,8-9,12H2,1-2H3,(H,22,24). The second kappa shape index (κ2) is 8.60. The summed E-state index contributed by atoms with van der Waals surface area (Å²) in [6.45, 7) is 2.80. The Labute approximate surface area is 162 Å². The number of carbonyl (C=O) groups excluding carboxylic acids is 2. The highest BCUT2D eigenvalue weighted by Gasteiger charge is 2.20. The lowest BCUT2D eigenvalue weighted by Gasteiger charge is -2.21. The van der Waals surface area contributed by atoms with E-state index in [-0.39, 0.29) is 23.8 Å². The third kappa shape index (κ3) is 4.33. The Morgan fingerprint density at radius 3 is 2.57 bits per heavy atom. The predicted octanol–water partition coefficient (Wildman–Crippen LogP) is 2.71. The molecule has 28 heavy (non-hydrogen) atoms. The maximum atomic E-state index is 13.9. The first-order valence-electron chi connectivity index (χ1n) is 8.84. The van der Waals surface area contributed by atoms with Crippen LogP contribution in [-0.4, -0.2) is 50.1 Å². The van der Waals surface area contributed by atoms with Gasteiger partial charge in [0.2, 0.25) is 5.91 Å². The minimum atomic E-state index is -0.634. The third-order valence-corrected chi connectivity index (χ3v) is 4.23. The number of carbonyl (C=O) groups is 2. The fraction of sp³-hybridized carbons (Fsp3) is 0.300. The van der Waals surface area contributed by atoms with E-state index in [9.17, 15) is 14.0 Å². The lowest BCUT2D eigenvalue weighted by molar-refractivity contribution is -0.116. The zero-order chi connectivity index (χ0) is 20.1. The van der Waals surface area contributed by atoms with E-state index in [0.717, 1.165) is 6.07 Å². The number of likely N-dealkylation sites (N-methyl/N-ethyl adjacent to an activating group) is 1. The van der Waals surface area contributed by atoms with Gasteiger partial charge >= 0.3 is 0 Å². The topological polar surface area (TPSA) is 77.1 Å². The number of hydrogen-bond acceptors (Lipinski definition) is 5. The third-order valence-electron chi connectivity index (χ3n) is 4.23. The molecule has 0 aliphatic carbocycles. The Balaban J connectivity index is 1.66. The molecule has 0 atom stereocenters. The molecule has 0 bridgehead atoms. The molecule has 8 heteroatoms. The van der Waals surface area contributed by atoms with E-state index in [1.165, 1.54) is 24.1 Å². The first-order chi connectivity index (χ1) is 13.5. The lowest BCUT2D eigenvalue weighted by atomic mass is 10.1. The van der Waals surface area contributed by atoms with Gasteiger partial charge in [-0.05, 0) is 37.3 Å². The van der Waals surface area contributed by atoms with Gasteiger partial charge in [-0.2, -0.15) is 0 Å². The molecule has 148 valence electrons. The van der Waals surface area contributed by atoms with Gasteiger partial charge in [-0.3, -0.25) is 9.59 Å². The van der Waals surface area contributed by atoms with Crippen LogP contribution in [0.1, 0.15) is 17.3 Å². The van der Waals surface area contributed by atoms with E-state index in [0.29, 0.717) is 36.9 Å². The summed E-state index contributed by atoms with van der Waals surface area (Å²) in [5, 5.41) is 2.73. The van der Waals surface area contributed by atoms with Crippen molar-refractivity contribution in [3.05, 3.63) is 47.8 Å². The Morgan fingerprint density at radius 2 is 1.89 bits per heavy atom. The largest absolute Gasteiger partial charge is 0.494 e. The van der Waals surface area contributed by atoms with Crippen LogP contribution in [0.5, 0.6) is 17.2 Å². The van der Waals surface area contributed by atoms with Crippen LogP contribution in [0.4, 0.5) is 10.1 Å². The van der Waals surface area contributed by atoms with Crippen molar-refractivity contribution in [1.82, 2.24) is 4.90 Å². The number of hydrogen-bond donors (Lipinski definition) is 1. The van der Waals surface area contributed by atoms with Gasteiger partial charge in [0.15, 0.2) is 23.1 Å². The molecule has 0 fully saturated rings. The van der Waals surface area contributed by atoms with E-state index >= 15 is 0 Å². The van der Waals surface area contributed by atoms with Crippen molar-refractivity contribution in [2.24, 2.45) is 0 Å². The summed E-state index contributed by atoms with van der Waals surface area (Å²) < 4.78 is 29.7. The van der Waals surface area contributed by atoms with Gasteiger partial charge in [-0.1, -0.05) is 0 Å². The van der Waals surface area contributed by atoms with E-state index in [2.05, 4.69) is 5.32 Å². The molecular formula is C20H21FN2O5. The maximum absolute atomic E-state index is 13.9. The SMILES string of the molecule is CCN(CC(=O)Nc1ccc2c(c1)OCCO2)C(=O)c1ccc(OC)c(F)c1. The van der Waals surface area contributed by atoms with Gasteiger partial charge in [0.25, 0.3) is 5.91 Å². The van der Waals surface area contributed by atoms with E-state index < -0.39 is 11.7 Å². The summed E-state index contributed by atoms with van der Waals surface area (Å²) in [7, 11) is 1.35. The van der Waals surface area contributed by atoms with Crippen molar-refractivity contribution >= 4 is 17.5 Å². The number of fused-ring (bicyclic) bond motifs is 1. The summed E-state index contributed by atoms with van der Waals surface area (Å²) >= 11 is 0. The van der Waals surface area contributed by atoms with Crippen LogP contribution >= 0.6 is 0 Å². The summed E-state index contributed by atoms with van der Waals surface area (Å²) in [6.07, 6.45) is 0. The number of nitrogens with one attached hydrogen (secondary N) is 1. The molecule has 1 heterocycles. The Kier molecular flexibility index (Phi) is 5.98. The number of anilines is 1. The van der Waals surface area contributed by atoms with E-state index in [1.807, 2.05) is 0 Å². The van der Waals surface area contributed by atoms with Gasteiger partial charge in [0, 0.05) is 23.9 Å². The molecule has 2 aromatic rings. The van der Waals surface area contributed by atoms with E-state index in [1.54, 1.807) is 25.1 Å². The van der Waals surface area contributed by atoms with Gasteiger partial charge < -0.3 is 24.4 Å². The number of methoxy groups -OCH3 is 1. The van der Waals surface area contributed by atoms with Crippen molar-refractivity contribution in [3.8, 4) is 17.2 Å². The average Bonchev–Trinajstić information content (AvgIpc) is 2.71. The van der Waals surface area contributed by atoms with Gasteiger partial charge in [0.1, 0.15) is 19.8 Å². The molecule has 0 radical (unpaired) electrons. The van der Waals surface area contributed by atoms with Crippen LogP contribution in [-0.2, 0) is 4.79 Å². The summed E-state index contributed by atoms with van der Waals surface area (Å²) in [6, 6.07) is 9.03. The zero-order valence-electron chi connectivity index (χ0n) is 15.7.